The number of imidazole rings is 1. The van der Waals surface area contributed by atoms with Crippen molar-refractivity contribution in [1.29, 1.82) is 0 Å². The van der Waals surface area contributed by atoms with Crippen LogP contribution in [0.1, 0.15) is 41.1 Å². The van der Waals surface area contributed by atoms with E-state index in [0.717, 1.165) is 44.4 Å². The van der Waals surface area contributed by atoms with Crippen LogP contribution >= 0.6 is 0 Å². The number of ether oxygens (including phenoxy) is 3. The highest BCUT2D eigenvalue weighted by molar-refractivity contribution is 5.75. The van der Waals surface area contributed by atoms with Crippen LogP contribution in [0, 0.1) is 0 Å². The third-order valence-corrected chi connectivity index (χ3v) is 7.73. The fraction of sp³-hybridized carbons (Fsp3) is 0.222. The van der Waals surface area contributed by atoms with Crippen LogP contribution in [0.25, 0.3) is 22.2 Å². The van der Waals surface area contributed by atoms with E-state index < -0.39 is 12.4 Å². The van der Waals surface area contributed by atoms with E-state index in [0.29, 0.717) is 19.5 Å². The first-order valence-electron chi connectivity index (χ1n) is 14.7. The molecule has 3 atom stereocenters. The summed E-state index contributed by atoms with van der Waals surface area (Å²) < 4.78 is 20.4. The standard InChI is InChI=1S/C36H35N3O5/c1-2-17-42-36(41)37-21-26-7-5-8-28(18-26)29-9-6-10-30(19-29)35-43-31(22-39-24-38-32-11-3-4-12-33(32)39)20-34(44-35)27-15-13-25(23-40)14-16-27/h2-16,18-19,24,31,34-35,40H,1,17,20-23H2,(H,37,41)/t31-,34+,35+/m1/s1. The van der Waals surface area contributed by atoms with Gasteiger partial charge in [0.15, 0.2) is 6.29 Å². The van der Waals surface area contributed by atoms with E-state index in [4.69, 9.17) is 14.2 Å². The van der Waals surface area contributed by atoms with Gasteiger partial charge in [-0.15, -0.1) is 0 Å². The minimum absolute atomic E-state index is 0.00266. The van der Waals surface area contributed by atoms with Crippen molar-refractivity contribution < 1.29 is 24.1 Å². The minimum atomic E-state index is -0.588. The molecule has 44 heavy (non-hydrogen) atoms. The van der Waals surface area contributed by atoms with Crippen LogP contribution in [-0.2, 0) is 33.9 Å². The van der Waals surface area contributed by atoms with Gasteiger partial charge in [-0.05, 0) is 52.1 Å². The number of alkyl carbamates (subject to hydrolysis) is 1. The molecule has 5 aromatic rings. The van der Waals surface area contributed by atoms with Crippen molar-refractivity contribution in [2.75, 3.05) is 6.61 Å². The molecule has 0 radical (unpaired) electrons. The van der Waals surface area contributed by atoms with Gasteiger partial charge in [0, 0.05) is 18.5 Å². The SMILES string of the molecule is C=CCOC(=O)NCc1cccc(-c2cccc([C@H]3O[C@@H](Cn4cnc5ccccc54)C[C@@H](c4ccc(CO)cc4)O3)c2)c1. The topological polar surface area (TPSA) is 94.8 Å². The molecule has 2 heterocycles. The first-order valence-corrected chi connectivity index (χ1v) is 14.7. The van der Waals surface area contributed by atoms with Crippen LogP contribution in [0.15, 0.2) is 116 Å². The van der Waals surface area contributed by atoms with E-state index in [1.54, 1.807) is 0 Å². The normalized spacial score (nSPS) is 18.2. The molecule has 2 N–H and O–H groups in total. The Hall–Kier alpha value is -4.76. The second-order valence-electron chi connectivity index (χ2n) is 10.8. The first kappa shape index (κ1) is 29.3. The molecule has 4 aromatic carbocycles. The summed E-state index contributed by atoms with van der Waals surface area (Å²) >= 11 is 0. The van der Waals surface area contributed by atoms with Crippen LogP contribution in [0.2, 0.25) is 0 Å². The van der Waals surface area contributed by atoms with Crippen molar-refractivity contribution >= 4 is 17.1 Å². The lowest BCUT2D eigenvalue weighted by Gasteiger charge is -2.36. The van der Waals surface area contributed by atoms with Crippen LogP contribution in [0.5, 0.6) is 0 Å². The molecule has 1 aromatic heterocycles. The number of nitrogens with zero attached hydrogens (tertiary/aromatic N) is 2. The predicted molar refractivity (Wildman–Crippen MR) is 168 cm³/mol. The minimum Gasteiger partial charge on any atom is -0.445 e. The number of benzene rings is 4. The van der Waals surface area contributed by atoms with Gasteiger partial charge in [0.05, 0.1) is 42.7 Å². The molecule has 1 saturated heterocycles. The van der Waals surface area contributed by atoms with Gasteiger partial charge in [0.2, 0.25) is 0 Å². The largest absolute Gasteiger partial charge is 0.445 e. The van der Waals surface area contributed by atoms with Crippen molar-refractivity contribution in [3.8, 4) is 11.1 Å². The number of para-hydroxylation sites is 2. The number of aliphatic hydroxyl groups is 1. The van der Waals surface area contributed by atoms with Crippen molar-refractivity contribution in [2.24, 2.45) is 0 Å². The second kappa shape index (κ2) is 13.7. The molecule has 0 unspecified atom stereocenters. The molecule has 1 amide bonds. The number of rotatable bonds is 10. The van der Waals surface area contributed by atoms with E-state index in [-0.39, 0.29) is 25.4 Å². The van der Waals surface area contributed by atoms with Gasteiger partial charge in [0.1, 0.15) is 6.61 Å². The molecule has 1 aliphatic heterocycles. The Balaban J connectivity index is 1.24. The van der Waals surface area contributed by atoms with E-state index in [2.05, 4.69) is 39.6 Å². The predicted octanol–water partition coefficient (Wildman–Crippen LogP) is 6.85. The summed E-state index contributed by atoms with van der Waals surface area (Å²) in [7, 11) is 0. The molecule has 0 spiro atoms. The number of hydrogen-bond donors (Lipinski definition) is 2. The number of fused-ring (bicyclic) bond motifs is 1. The monoisotopic (exact) mass is 589 g/mol. The average Bonchev–Trinajstić information content (AvgIpc) is 3.49. The zero-order chi connectivity index (χ0) is 30.3. The summed E-state index contributed by atoms with van der Waals surface area (Å²) in [6.45, 7) is 4.70. The fourth-order valence-corrected chi connectivity index (χ4v) is 5.49. The Labute approximate surface area is 256 Å². The maximum Gasteiger partial charge on any atom is 0.407 e. The summed E-state index contributed by atoms with van der Waals surface area (Å²) in [4.78, 5) is 16.4. The van der Waals surface area contributed by atoms with E-state index in [1.165, 1.54) is 6.08 Å². The quantitative estimate of drug-likeness (QED) is 0.173. The van der Waals surface area contributed by atoms with Crippen LogP contribution in [0.4, 0.5) is 4.79 Å². The van der Waals surface area contributed by atoms with Gasteiger partial charge in [-0.1, -0.05) is 85.5 Å². The number of carbonyl (C=O) groups excluding carboxylic acids is 1. The lowest BCUT2D eigenvalue weighted by molar-refractivity contribution is -0.252. The second-order valence-corrected chi connectivity index (χ2v) is 10.8. The molecular weight excluding hydrogens is 554 g/mol. The number of carbonyl (C=O) groups is 1. The Morgan fingerprint density at radius 3 is 2.57 bits per heavy atom. The highest BCUT2D eigenvalue weighted by Crippen LogP contribution is 2.39. The third kappa shape index (κ3) is 6.89. The fourth-order valence-electron chi connectivity index (χ4n) is 5.49. The summed E-state index contributed by atoms with van der Waals surface area (Å²) in [6, 6.07) is 32.2. The number of aromatic nitrogens is 2. The zero-order valence-corrected chi connectivity index (χ0v) is 24.3. The summed E-state index contributed by atoms with van der Waals surface area (Å²) in [5.74, 6) is 0. The molecule has 8 nitrogen and oxygen atoms in total. The number of nitrogens with one attached hydrogen (secondary N) is 1. The van der Waals surface area contributed by atoms with Crippen LogP contribution in [0.3, 0.4) is 0 Å². The maximum atomic E-state index is 11.9. The van der Waals surface area contributed by atoms with Gasteiger partial charge < -0.3 is 29.2 Å². The number of aliphatic hydroxyl groups excluding tert-OH is 1. The van der Waals surface area contributed by atoms with Gasteiger partial charge in [-0.2, -0.15) is 0 Å². The molecule has 0 bridgehead atoms. The summed E-state index contributed by atoms with van der Waals surface area (Å²) in [5, 5.41) is 12.3. The maximum absolute atomic E-state index is 11.9. The number of amides is 1. The van der Waals surface area contributed by atoms with Gasteiger partial charge in [-0.3, -0.25) is 0 Å². The molecule has 8 heteroatoms. The smallest absolute Gasteiger partial charge is 0.407 e. The summed E-state index contributed by atoms with van der Waals surface area (Å²) in [6.07, 6.45) is 2.67. The van der Waals surface area contributed by atoms with Crippen molar-refractivity contribution in [3.05, 3.63) is 138 Å². The third-order valence-electron chi connectivity index (χ3n) is 7.73. The Morgan fingerprint density at radius 1 is 0.955 bits per heavy atom. The van der Waals surface area contributed by atoms with E-state index in [9.17, 15) is 9.90 Å². The zero-order valence-electron chi connectivity index (χ0n) is 24.3. The molecule has 0 saturated carbocycles. The summed E-state index contributed by atoms with van der Waals surface area (Å²) in [5.41, 5.74) is 7.80. The molecule has 6 rings (SSSR count). The van der Waals surface area contributed by atoms with Crippen molar-refractivity contribution in [2.45, 2.75) is 44.6 Å². The lowest BCUT2D eigenvalue weighted by Crippen LogP contribution is -2.32. The molecule has 1 aliphatic rings. The Morgan fingerprint density at radius 2 is 1.75 bits per heavy atom. The van der Waals surface area contributed by atoms with E-state index >= 15 is 0 Å². The highest BCUT2D eigenvalue weighted by Gasteiger charge is 2.32. The molecule has 1 fully saturated rings. The van der Waals surface area contributed by atoms with Gasteiger partial charge in [0.25, 0.3) is 0 Å². The molecular formula is C36H35N3O5. The highest BCUT2D eigenvalue weighted by atomic mass is 16.7. The van der Waals surface area contributed by atoms with Gasteiger partial charge >= 0.3 is 6.09 Å². The van der Waals surface area contributed by atoms with Gasteiger partial charge in [-0.25, -0.2) is 9.78 Å². The average molecular weight is 590 g/mol. The molecule has 0 aliphatic carbocycles. The van der Waals surface area contributed by atoms with Crippen LogP contribution in [-0.4, -0.2) is 33.5 Å². The number of hydrogen-bond acceptors (Lipinski definition) is 6. The lowest BCUT2D eigenvalue weighted by atomic mass is 9.98. The Bertz CT molecular complexity index is 1730. The first-order chi connectivity index (χ1) is 21.6. The van der Waals surface area contributed by atoms with E-state index in [1.807, 2.05) is 85.2 Å². The van der Waals surface area contributed by atoms with Crippen LogP contribution < -0.4 is 5.32 Å². The molecule has 224 valence electrons. The van der Waals surface area contributed by atoms with Crippen molar-refractivity contribution in [1.82, 2.24) is 14.9 Å². The van der Waals surface area contributed by atoms with Crippen molar-refractivity contribution in [3.63, 3.8) is 0 Å². The Kier molecular flexibility index (Phi) is 9.12.